The lowest BCUT2D eigenvalue weighted by molar-refractivity contribution is -0.233. The summed E-state index contributed by atoms with van der Waals surface area (Å²) in [6, 6.07) is 0. The first kappa shape index (κ1) is 17.9. The van der Waals surface area contributed by atoms with Crippen molar-refractivity contribution in [1.82, 2.24) is 0 Å². The molecule has 0 aromatic heterocycles. The molecule has 0 aromatic rings. The van der Waals surface area contributed by atoms with Gasteiger partial charge in [-0.25, -0.2) is 0 Å². The van der Waals surface area contributed by atoms with Crippen molar-refractivity contribution >= 4 is 11.9 Å². The second kappa shape index (κ2) is 5.53. The highest BCUT2D eigenvalue weighted by Gasteiger charge is 2.85. The van der Waals surface area contributed by atoms with E-state index in [-0.39, 0.29) is 18.7 Å². The summed E-state index contributed by atoms with van der Waals surface area (Å²) in [6.45, 7) is 7.31. The van der Waals surface area contributed by atoms with Gasteiger partial charge in [-0.2, -0.15) is 0 Å². The van der Waals surface area contributed by atoms with Crippen LogP contribution in [0.1, 0.15) is 40.5 Å². The van der Waals surface area contributed by atoms with Gasteiger partial charge in [-0.15, -0.1) is 0 Å². The van der Waals surface area contributed by atoms with Gasteiger partial charge in [0.15, 0.2) is 0 Å². The summed E-state index contributed by atoms with van der Waals surface area (Å²) in [5.41, 5.74) is -0.890. The van der Waals surface area contributed by atoms with Gasteiger partial charge < -0.3 is 24.1 Å². The van der Waals surface area contributed by atoms with Gasteiger partial charge in [0.05, 0.1) is 18.1 Å². The van der Waals surface area contributed by atoms with E-state index in [0.717, 1.165) is 6.42 Å². The Bertz CT molecular complexity index is 681. The lowest BCUT2D eigenvalue weighted by atomic mass is 9.51. The van der Waals surface area contributed by atoms with Crippen molar-refractivity contribution in [3.05, 3.63) is 11.6 Å². The smallest absolute Gasteiger partial charge is 0.303 e. The van der Waals surface area contributed by atoms with E-state index in [0.29, 0.717) is 13.0 Å². The quantitative estimate of drug-likeness (QED) is 0.454. The number of esters is 2. The zero-order chi connectivity index (χ0) is 18.9. The van der Waals surface area contributed by atoms with E-state index >= 15 is 0 Å². The molecule has 0 unspecified atom stereocenters. The normalized spacial score (nSPS) is 48.6. The number of hydrogen-bond acceptors (Lipinski definition) is 7. The van der Waals surface area contributed by atoms with Crippen LogP contribution >= 0.6 is 0 Å². The molecule has 2 bridgehead atoms. The molecule has 3 fully saturated rings. The Morgan fingerprint density at radius 1 is 1.35 bits per heavy atom. The molecule has 2 aliphatic heterocycles. The summed E-state index contributed by atoms with van der Waals surface area (Å²) in [7, 11) is 0. The van der Waals surface area contributed by atoms with Crippen LogP contribution in [-0.4, -0.2) is 60.3 Å². The van der Waals surface area contributed by atoms with Crippen molar-refractivity contribution in [3.8, 4) is 0 Å². The predicted octanol–water partition coefficient (Wildman–Crippen LogP) is 1.12. The Kier molecular flexibility index (Phi) is 3.82. The Hall–Kier alpha value is -1.44. The average Bonchev–Trinajstić information content (AvgIpc) is 3.34. The highest BCUT2D eigenvalue weighted by Crippen LogP contribution is 2.72. The van der Waals surface area contributed by atoms with Crippen LogP contribution < -0.4 is 0 Å². The van der Waals surface area contributed by atoms with Crippen molar-refractivity contribution in [2.75, 3.05) is 13.2 Å². The summed E-state index contributed by atoms with van der Waals surface area (Å²) in [4.78, 5) is 23.4. The molecule has 2 heterocycles. The number of epoxide rings is 1. The number of aliphatic hydroxyl groups is 1. The van der Waals surface area contributed by atoms with Crippen molar-refractivity contribution in [2.24, 2.45) is 10.8 Å². The minimum Gasteiger partial charge on any atom is -0.465 e. The SMILES string of the molecule is CC(=O)OC[C@]12CCC(C)=C[C@@H]1O[C@@H]1[C@H](O)[C@@H](OC(C)=O)[C@@]2(C)[C@@]12CO2. The average molecular weight is 366 g/mol. The Morgan fingerprint density at radius 2 is 2.04 bits per heavy atom. The fourth-order valence-corrected chi connectivity index (χ4v) is 5.60. The molecule has 0 aromatic carbocycles. The third-order valence-corrected chi connectivity index (χ3v) is 7.08. The van der Waals surface area contributed by atoms with E-state index in [9.17, 15) is 14.7 Å². The molecule has 7 heteroatoms. The molecule has 144 valence electrons. The number of hydrogen-bond donors (Lipinski definition) is 1. The van der Waals surface area contributed by atoms with E-state index in [1.807, 2.05) is 13.8 Å². The predicted molar refractivity (Wildman–Crippen MR) is 89.1 cm³/mol. The van der Waals surface area contributed by atoms with Crippen LogP contribution in [0.2, 0.25) is 0 Å². The molecule has 7 nitrogen and oxygen atoms in total. The maximum Gasteiger partial charge on any atom is 0.303 e. The van der Waals surface area contributed by atoms with E-state index in [4.69, 9.17) is 18.9 Å². The zero-order valence-electron chi connectivity index (χ0n) is 15.6. The number of aliphatic hydroxyl groups excluding tert-OH is 1. The van der Waals surface area contributed by atoms with Gasteiger partial charge >= 0.3 is 11.9 Å². The summed E-state index contributed by atoms with van der Waals surface area (Å²) in [5, 5.41) is 10.9. The lowest BCUT2D eigenvalue weighted by Crippen LogP contribution is -2.66. The van der Waals surface area contributed by atoms with Crippen LogP contribution in [0, 0.1) is 10.8 Å². The van der Waals surface area contributed by atoms with E-state index in [2.05, 4.69) is 6.08 Å². The summed E-state index contributed by atoms with van der Waals surface area (Å²) < 4.78 is 23.3. The molecule has 1 N–H and O–H groups in total. The molecule has 4 aliphatic rings. The molecule has 2 aliphatic carbocycles. The van der Waals surface area contributed by atoms with Crippen molar-refractivity contribution in [3.63, 3.8) is 0 Å². The molecule has 2 saturated heterocycles. The van der Waals surface area contributed by atoms with Gasteiger partial charge in [-0.3, -0.25) is 9.59 Å². The van der Waals surface area contributed by atoms with Gasteiger partial charge in [0.2, 0.25) is 0 Å². The Balaban J connectivity index is 1.86. The molecular weight excluding hydrogens is 340 g/mol. The van der Waals surface area contributed by atoms with Gasteiger partial charge in [-0.1, -0.05) is 18.6 Å². The number of carbonyl (C=O) groups excluding carboxylic acids is 2. The van der Waals surface area contributed by atoms with E-state index < -0.39 is 40.7 Å². The van der Waals surface area contributed by atoms with Gasteiger partial charge in [-0.05, 0) is 19.8 Å². The number of allylic oxidation sites excluding steroid dienone is 1. The van der Waals surface area contributed by atoms with Gasteiger partial charge in [0.25, 0.3) is 0 Å². The number of rotatable bonds is 3. The van der Waals surface area contributed by atoms with Crippen molar-refractivity contribution < 1.29 is 33.6 Å². The largest absolute Gasteiger partial charge is 0.465 e. The van der Waals surface area contributed by atoms with Crippen LogP contribution in [0.3, 0.4) is 0 Å². The highest BCUT2D eigenvalue weighted by molar-refractivity contribution is 5.67. The van der Waals surface area contributed by atoms with Crippen molar-refractivity contribution in [1.29, 1.82) is 0 Å². The van der Waals surface area contributed by atoms with Crippen LogP contribution in [-0.2, 0) is 28.5 Å². The topological polar surface area (TPSA) is 94.6 Å². The summed E-state index contributed by atoms with van der Waals surface area (Å²) in [5.74, 6) is -0.830. The van der Waals surface area contributed by atoms with E-state index in [1.165, 1.54) is 19.4 Å². The van der Waals surface area contributed by atoms with Crippen LogP contribution in [0.5, 0.6) is 0 Å². The highest BCUT2D eigenvalue weighted by atomic mass is 16.7. The molecular formula is C19H26O7. The minimum atomic E-state index is -0.986. The second-order valence-corrected chi connectivity index (χ2v) is 8.33. The molecule has 1 spiro atoms. The first-order chi connectivity index (χ1) is 12.2. The molecule has 0 amide bonds. The lowest BCUT2D eigenvalue weighted by Gasteiger charge is -2.58. The molecule has 4 rings (SSSR count). The fraction of sp³-hybridized carbons (Fsp3) is 0.789. The second-order valence-electron chi connectivity index (χ2n) is 8.33. The number of ether oxygens (including phenoxy) is 4. The molecule has 7 atom stereocenters. The maximum absolute atomic E-state index is 11.8. The summed E-state index contributed by atoms with van der Waals surface area (Å²) in [6.07, 6.45) is 0.896. The first-order valence-corrected chi connectivity index (χ1v) is 9.13. The zero-order valence-corrected chi connectivity index (χ0v) is 15.6. The van der Waals surface area contributed by atoms with Gasteiger partial charge in [0.1, 0.15) is 30.5 Å². The van der Waals surface area contributed by atoms with Crippen LogP contribution in [0.15, 0.2) is 11.6 Å². The minimum absolute atomic E-state index is 0.135. The summed E-state index contributed by atoms with van der Waals surface area (Å²) >= 11 is 0. The Morgan fingerprint density at radius 3 is 2.62 bits per heavy atom. The number of fused-ring (bicyclic) bond motifs is 2. The molecule has 1 saturated carbocycles. The first-order valence-electron chi connectivity index (χ1n) is 9.13. The Labute approximate surface area is 152 Å². The fourth-order valence-electron chi connectivity index (χ4n) is 5.60. The van der Waals surface area contributed by atoms with Crippen LogP contribution in [0.4, 0.5) is 0 Å². The van der Waals surface area contributed by atoms with Gasteiger partial charge in [0, 0.05) is 19.3 Å². The molecule has 26 heavy (non-hydrogen) atoms. The van der Waals surface area contributed by atoms with E-state index in [1.54, 1.807) is 0 Å². The number of carbonyl (C=O) groups is 2. The maximum atomic E-state index is 11.8. The molecule has 0 radical (unpaired) electrons. The third kappa shape index (κ3) is 2.05. The van der Waals surface area contributed by atoms with Crippen molar-refractivity contribution in [2.45, 2.75) is 70.6 Å². The third-order valence-electron chi connectivity index (χ3n) is 7.08. The monoisotopic (exact) mass is 366 g/mol. The standard InChI is InChI=1S/C19H26O7/c1-10-5-6-18(8-23-11(2)20)13(7-10)26-16-14(22)15(25-12(3)21)17(18,4)19(16)9-24-19/h7,13-16,22H,5-6,8-9H2,1-4H3/t13-,14+,15+,16+,17+,18+,19+/m0/s1. The van der Waals surface area contributed by atoms with Crippen LogP contribution in [0.25, 0.3) is 0 Å².